The SMILES string of the molecule is O=c1c(NCC(O)C(F)F)c(Br)cnn1CC1CCC1. The van der Waals surface area contributed by atoms with Gasteiger partial charge in [0.2, 0.25) is 0 Å². The van der Waals surface area contributed by atoms with Crippen LogP contribution in [-0.4, -0.2) is 34.0 Å². The molecule has 1 aromatic heterocycles. The largest absolute Gasteiger partial charge is 0.385 e. The molecular weight excluding hydrogens is 336 g/mol. The molecule has 112 valence electrons. The third kappa shape index (κ3) is 3.54. The van der Waals surface area contributed by atoms with E-state index in [1.54, 1.807) is 0 Å². The summed E-state index contributed by atoms with van der Waals surface area (Å²) in [6, 6.07) is 0. The van der Waals surface area contributed by atoms with Crippen molar-refractivity contribution in [3.05, 3.63) is 21.0 Å². The predicted molar refractivity (Wildman–Crippen MR) is 74.0 cm³/mol. The zero-order valence-electron chi connectivity index (χ0n) is 10.7. The predicted octanol–water partition coefficient (Wildman–Crippen LogP) is 1.84. The number of rotatable bonds is 6. The van der Waals surface area contributed by atoms with Crippen LogP contribution in [0.15, 0.2) is 15.5 Å². The van der Waals surface area contributed by atoms with Crippen LogP contribution in [0.3, 0.4) is 0 Å². The molecule has 1 heterocycles. The van der Waals surface area contributed by atoms with Crippen LogP contribution in [0.4, 0.5) is 14.5 Å². The first-order valence-corrected chi connectivity index (χ1v) is 7.24. The molecule has 0 spiro atoms. The van der Waals surface area contributed by atoms with Crippen molar-refractivity contribution in [1.29, 1.82) is 0 Å². The number of anilines is 1. The lowest BCUT2D eigenvalue weighted by Crippen LogP contribution is -2.33. The molecule has 1 aromatic rings. The van der Waals surface area contributed by atoms with Gasteiger partial charge in [-0.3, -0.25) is 4.79 Å². The zero-order valence-corrected chi connectivity index (χ0v) is 12.3. The summed E-state index contributed by atoms with van der Waals surface area (Å²) in [7, 11) is 0. The van der Waals surface area contributed by atoms with Crippen LogP contribution in [0, 0.1) is 5.92 Å². The summed E-state index contributed by atoms with van der Waals surface area (Å²) in [5.74, 6) is 0.459. The summed E-state index contributed by atoms with van der Waals surface area (Å²) < 4.78 is 26.2. The van der Waals surface area contributed by atoms with E-state index in [0.717, 1.165) is 12.8 Å². The Balaban J connectivity index is 2.10. The summed E-state index contributed by atoms with van der Waals surface area (Å²) in [5, 5.41) is 15.7. The topological polar surface area (TPSA) is 67.2 Å². The molecule has 2 N–H and O–H groups in total. The molecule has 0 aliphatic heterocycles. The van der Waals surface area contributed by atoms with Crippen molar-refractivity contribution in [2.24, 2.45) is 5.92 Å². The molecule has 20 heavy (non-hydrogen) atoms. The first-order chi connectivity index (χ1) is 9.49. The first-order valence-electron chi connectivity index (χ1n) is 6.44. The van der Waals surface area contributed by atoms with E-state index in [9.17, 15) is 13.6 Å². The second-order valence-electron chi connectivity index (χ2n) is 4.93. The van der Waals surface area contributed by atoms with Crippen molar-refractivity contribution in [2.45, 2.75) is 38.3 Å². The molecule has 1 unspecified atom stereocenters. The lowest BCUT2D eigenvalue weighted by Gasteiger charge is -2.25. The van der Waals surface area contributed by atoms with Gasteiger partial charge in [-0.1, -0.05) is 6.42 Å². The van der Waals surface area contributed by atoms with Gasteiger partial charge >= 0.3 is 0 Å². The number of aliphatic hydroxyl groups excluding tert-OH is 1. The molecule has 1 fully saturated rings. The van der Waals surface area contributed by atoms with Gasteiger partial charge in [0.25, 0.3) is 12.0 Å². The molecule has 0 radical (unpaired) electrons. The second-order valence-corrected chi connectivity index (χ2v) is 5.79. The highest BCUT2D eigenvalue weighted by molar-refractivity contribution is 9.10. The Kier molecular flexibility index (Phi) is 5.09. The summed E-state index contributed by atoms with van der Waals surface area (Å²) in [6.45, 7) is 0.150. The van der Waals surface area contributed by atoms with E-state index in [1.165, 1.54) is 17.3 Å². The van der Waals surface area contributed by atoms with E-state index in [-0.39, 0.29) is 17.8 Å². The Morgan fingerprint density at radius 3 is 2.80 bits per heavy atom. The lowest BCUT2D eigenvalue weighted by atomic mass is 9.85. The fraction of sp³-hybridized carbons (Fsp3) is 0.667. The quantitative estimate of drug-likeness (QED) is 0.820. The van der Waals surface area contributed by atoms with Gasteiger partial charge in [0.1, 0.15) is 11.8 Å². The number of hydrogen-bond donors (Lipinski definition) is 2. The molecule has 0 aromatic carbocycles. The molecule has 0 saturated heterocycles. The fourth-order valence-electron chi connectivity index (χ4n) is 1.97. The highest BCUT2D eigenvalue weighted by Crippen LogP contribution is 2.27. The van der Waals surface area contributed by atoms with Crippen LogP contribution < -0.4 is 10.9 Å². The average molecular weight is 352 g/mol. The molecule has 5 nitrogen and oxygen atoms in total. The maximum absolute atomic E-state index is 12.2. The van der Waals surface area contributed by atoms with Crippen LogP contribution >= 0.6 is 15.9 Å². The Bertz CT molecular complexity index is 520. The normalized spacial score (nSPS) is 17.1. The second kappa shape index (κ2) is 6.62. The number of aliphatic hydroxyl groups is 1. The summed E-state index contributed by atoms with van der Waals surface area (Å²) in [6.07, 6.45) is 0.127. The zero-order chi connectivity index (χ0) is 14.7. The van der Waals surface area contributed by atoms with Crippen LogP contribution in [0.5, 0.6) is 0 Å². The van der Waals surface area contributed by atoms with E-state index in [0.29, 0.717) is 16.9 Å². The number of nitrogens with zero attached hydrogens (tertiary/aromatic N) is 2. The Labute approximate surface area is 123 Å². The summed E-state index contributed by atoms with van der Waals surface area (Å²) in [5.41, 5.74) is -0.216. The number of halogens is 3. The minimum atomic E-state index is -2.85. The maximum atomic E-state index is 12.2. The lowest BCUT2D eigenvalue weighted by molar-refractivity contribution is 0.00382. The smallest absolute Gasteiger partial charge is 0.291 e. The fourth-order valence-corrected chi connectivity index (χ4v) is 2.38. The molecule has 8 heteroatoms. The minimum absolute atomic E-state index is 0.152. The Morgan fingerprint density at radius 2 is 2.25 bits per heavy atom. The van der Waals surface area contributed by atoms with Crippen molar-refractivity contribution in [1.82, 2.24) is 9.78 Å². The number of nitrogens with one attached hydrogen (secondary N) is 1. The molecule has 1 atom stereocenters. The van der Waals surface area contributed by atoms with Crippen molar-refractivity contribution < 1.29 is 13.9 Å². The van der Waals surface area contributed by atoms with E-state index < -0.39 is 12.5 Å². The molecule has 1 saturated carbocycles. The van der Waals surface area contributed by atoms with E-state index in [2.05, 4.69) is 26.3 Å². The highest BCUT2D eigenvalue weighted by atomic mass is 79.9. The van der Waals surface area contributed by atoms with E-state index in [4.69, 9.17) is 5.11 Å². The number of alkyl halides is 2. The van der Waals surface area contributed by atoms with Crippen LogP contribution in [0.1, 0.15) is 19.3 Å². The van der Waals surface area contributed by atoms with Gasteiger partial charge in [-0.05, 0) is 34.7 Å². The third-order valence-electron chi connectivity index (χ3n) is 3.43. The van der Waals surface area contributed by atoms with E-state index in [1.807, 2.05) is 0 Å². The Morgan fingerprint density at radius 1 is 1.55 bits per heavy atom. The minimum Gasteiger partial charge on any atom is -0.385 e. The third-order valence-corrected chi connectivity index (χ3v) is 4.03. The van der Waals surface area contributed by atoms with Gasteiger partial charge < -0.3 is 10.4 Å². The van der Waals surface area contributed by atoms with E-state index >= 15 is 0 Å². The standard InChI is InChI=1S/C12H16BrF2N3O2/c13-8-4-17-18(6-7-2-1-3-7)12(20)10(8)16-5-9(19)11(14)15/h4,7,9,11,16,19H,1-3,5-6H2. The summed E-state index contributed by atoms with van der Waals surface area (Å²) in [4.78, 5) is 12.2. The number of hydrogen-bond acceptors (Lipinski definition) is 4. The van der Waals surface area contributed by atoms with Crippen molar-refractivity contribution in [3.8, 4) is 0 Å². The van der Waals surface area contributed by atoms with Gasteiger partial charge in [0.15, 0.2) is 0 Å². The number of aromatic nitrogens is 2. The molecule has 0 amide bonds. The average Bonchev–Trinajstić information content (AvgIpc) is 2.35. The van der Waals surface area contributed by atoms with Crippen LogP contribution in [-0.2, 0) is 6.54 Å². The maximum Gasteiger partial charge on any atom is 0.291 e. The van der Waals surface area contributed by atoms with Crippen LogP contribution in [0.25, 0.3) is 0 Å². The molecule has 1 aliphatic carbocycles. The molecular formula is C12H16BrF2N3O2. The van der Waals surface area contributed by atoms with Gasteiger partial charge in [-0.2, -0.15) is 5.10 Å². The monoisotopic (exact) mass is 351 g/mol. The van der Waals surface area contributed by atoms with Crippen molar-refractivity contribution in [2.75, 3.05) is 11.9 Å². The van der Waals surface area contributed by atoms with Crippen LogP contribution in [0.2, 0.25) is 0 Å². The molecule has 0 bridgehead atoms. The molecule has 2 rings (SSSR count). The van der Waals surface area contributed by atoms with Crippen molar-refractivity contribution >= 4 is 21.6 Å². The molecule has 1 aliphatic rings. The van der Waals surface area contributed by atoms with Gasteiger partial charge in [-0.25, -0.2) is 13.5 Å². The van der Waals surface area contributed by atoms with Crippen molar-refractivity contribution in [3.63, 3.8) is 0 Å². The first kappa shape index (κ1) is 15.4. The van der Waals surface area contributed by atoms with Gasteiger partial charge in [0.05, 0.1) is 10.7 Å². The highest BCUT2D eigenvalue weighted by Gasteiger charge is 2.21. The van der Waals surface area contributed by atoms with Gasteiger partial charge in [-0.15, -0.1) is 0 Å². The summed E-state index contributed by atoms with van der Waals surface area (Å²) >= 11 is 3.16. The Hall–Kier alpha value is -1.02. The van der Waals surface area contributed by atoms with Gasteiger partial charge in [0, 0.05) is 13.1 Å².